The minimum absolute atomic E-state index is 0.102. The molecular formula is C28H28FN5O4. The van der Waals surface area contributed by atoms with Crippen LogP contribution in [0.3, 0.4) is 0 Å². The second kappa shape index (κ2) is 10.8. The van der Waals surface area contributed by atoms with E-state index in [-0.39, 0.29) is 22.9 Å². The van der Waals surface area contributed by atoms with E-state index in [9.17, 15) is 18.8 Å². The van der Waals surface area contributed by atoms with Crippen molar-refractivity contribution in [3.05, 3.63) is 93.9 Å². The van der Waals surface area contributed by atoms with Gasteiger partial charge in [-0.3, -0.25) is 14.6 Å². The van der Waals surface area contributed by atoms with Gasteiger partial charge in [0.25, 0.3) is 11.9 Å². The van der Waals surface area contributed by atoms with Crippen LogP contribution < -0.4 is 16.3 Å². The Morgan fingerprint density at radius 2 is 1.89 bits per heavy atom. The molecule has 0 spiro atoms. The lowest BCUT2D eigenvalue weighted by Crippen LogP contribution is -2.49. The Hall–Kier alpha value is -4.60. The monoisotopic (exact) mass is 517 g/mol. The van der Waals surface area contributed by atoms with Gasteiger partial charge in [0, 0.05) is 43.2 Å². The molecule has 4 rings (SSSR count). The van der Waals surface area contributed by atoms with Crippen LogP contribution in [-0.2, 0) is 11.2 Å². The Bertz CT molecular complexity index is 1550. The molecule has 196 valence electrons. The summed E-state index contributed by atoms with van der Waals surface area (Å²) in [5.41, 5.74) is 0.369. The molecule has 10 heteroatoms. The number of halogens is 1. The van der Waals surface area contributed by atoms with Gasteiger partial charge in [-0.15, -0.1) is 0 Å². The first-order valence-corrected chi connectivity index (χ1v) is 12.0. The Labute approximate surface area is 218 Å². The fraction of sp³-hybridized carbons (Fsp3) is 0.250. The summed E-state index contributed by atoms with van der Waals surface area (Å²) in [5.74, 6) is -1.27. The molecule has 0 saturated heterocycles. The van der Waals surface area contributed by atoms with E-state index in [0.29, 0.717) is 29.7 Å². The van der Waals surface area contributed by atoms with E-state index < -0.39 is 22.9 Å². The van der Waals surface area contributed by atoms with E-state index in [1.54, 1.807) is 51.0 Å². The van der Waals surface area contributed by atoms with Crippen molar-refractivity contribution in [3.63, 3.8) is 0 Å². The number of nitrogens with one attached hydrogen (secondary N) is 2. The van der Waals surface area contributed by atoms with Gasteiger partial charge in [-0.2, -0.15) is 4.98 Å². The molecule has 0 saturated carbocycles. The molecular weight excluding hydrogens is 489 g/mol. The summed E-state index contributed by atoms with van der Waals surface area (Å²) in [7, 11) is 1.70. The number of pyridine rings is 1. The lowest BCUT2D eigenvalue weighted by Gasteiger charge is -2.30. The van der Waals surface area contributed by atoms with Gasteiger partial charge in [0.05, 0.1) is 10.9 Å². The highest BCUT2D eigenvalue weighted by Gasteiger charge is 2.32. The zero-order valence-corrected chi connectivity index (χ0v) is 21.5. The third-order valence-electron chi connectivity index (χ3n) is 6.12. The van der Waals surface area contributed by atoms with E-state index in [4.69, 9.17) is 4.42 Å². The molecule has 2 N–H and O–H groups in total. The maximum atomic E-state index is 13.5. The number of fused-ring (bicyclic) bond motifs is 1. The van der Waals surface area contributed by atoms with E-state index in [1.165, 1.54) is 18.2 Å². The lowest BCUT2D eigenvalue weighted by molar-refractivity contribution is -0.133. The molecule has 0 fully saturated rings. The van der Waals surface area contributed by atoms with E-state index in [2.05, 4.69) is 20.6 Å². The van der Waals surface area contributed by atoms with Crippen molar-refractivity contribution in [1.29, 1.82) is 0 Å². The predicted molar refractivity (Wildman–Crippen MR) is 143 cm³/mol. The second-order valence-corrected chi connectivity index (χ2v) is 9.45. The lowest BCUT2D eigenvalue weighted by atomic mass is 10.0. The Balaban J connectivity index is 1.51. The third-order valence-corrected chi connectivity index (χ3v) is 6.12. The number of aryl methyl sites for hydroxylation is 1. The highest BCUT2D eigenvalue weighted by Crippen LogP contribution is 2.25. The Morgan fingerprint density at radius 3 is 2.61 bits per heavy atom. The van der Waals surface area contributed by atoms with Crippen LogP contribution in [0.5, 0.6) is 0 Å². The maximum Gasteiger partial charge on any atom is 0.348 e. The largest absolute Gasteiger partial charge is 0.389 e. The minimum atomic E-state index is -1.12. The van der Waals surface area contributed by atoms with E-state index >= 15 is 0 Å². The molecule has 0 aliphatic heterocycles. The summed E-state index contributed by atoms with van der Waals surface area (Å²) in [6.45, 7) is 5.46. The van der Waals surface area contributed by atoms with Crippen molar-refractivity contribution in [2.75, 3.05) is 24.2 Å². The van der Waals surface area contributed by atoms with Crippen molar-refractivity contribution >= 4 is 34.4 Å². The quantitative estimate of drug-likeness (QED) is 0.360. The molecule has 4 aromatic rings. The number of hydrogen-bond donors (Lipinski definition) is 2. The molecule has 2 heterocycles. The summed E-state index contributed by atoms with van der Waals surface area (Å²) in [4.78, 5) is 48.8. The van der Waals surface area contributed by atoms with Crippen LogP contribution in [0.25, 0.3) is 10.9 Å². The molecule has 0 aliphatic carbocycles. The first-order chi connectivity index (χ1) is 18.0. The smallest absolute Gasteiger partial charge is 0.348 e. The first kappa shape index (κ1) is 26.5. The van der Waals surface area contributed by atoms with Crippen molar-refractivity contribution < 1.29 is 18.4 Å². The normalized spacial score (nSPS) is 11.3. The van der Waals surface area contributed by atoms with Gasteiger partial charge < -0.3 is 20.0 Å². The molecule has 0 unspecified atom stereocenters. The zero-order chi connectivity index (χ0) is 27.4. The van der Waals surface area contributed by atoms with Gasteiger partial charge in [0.15, 0.2) is 0 Å². The van der Waals surface area contributed by atoms with Crippen LogP contribution in [0.1, 0.15) is 35.5 Å². The predicted octanol–water partition coefficient (Wildman–Crippen LogP) is 4.17. The number of benzene rings is 2. The number of aromatic nitrogens is 2. The number of rotatable bonds is 8. The van der Waals surface area contributed by atoms with Crippen LogP contribution in [0.4, 0.5) is 16.1 Å². The third kappa shape index (κ3) is 5.86. The minimum Gasteiger partial charge on any atom is -0.389 e. The zero-order valence-electron chi connectivity index (χ0n) is 21.5. The SMILES string of the molecule is Cc1c(NC(=O)c2cccc(F)c2)ccc2nc(NC(C)(C)C(=O)N(C)CCc3ccccn3)oc(=O)c12. The topological polar surface area (TPSA) is 117 Å². The first-order valence-electron chi connectivity index (χ1n) is 12.0. The van der Waals surface area contributed by atoms with Crippen LogP contribution in [0.15, 0.2) is 70.0 Å². The summed E-state index contributed by atoms with van der Waals surface area (Å²) in [5, 5.41) is 5.81. The van der Waals surface area contributed by atoms with E-state index in [1.807, 2.05) is 18.2 Å². The molecule has 0 aliphatic rings. The number of carbonyl (C=O) groups is 2. The van der Waals surface area contributed by atoms with E-state index in [0.717, 1.165) is 11.8 Å². The van der Waals surface area contributed by atoms with Gasteiger partial charge in [0.1, 0.15) is 11.4 Å². The number of anilines is 2. The fourth-order valence-corrected chi connectivity index (χ4v) is 4.06. The summed E-state index contributed by atoms with van der Waals surface area (Å²) in [6.07, 6.45) is 2.30. The Kier molecular flexibility index (Phi) is 7.52. The van der Waals surface area contributed by atoms with Gasteiger partial charge in [-0.25, -0.2) is 9.18 Å². The van der Waals surface area contributed by atoms with Crippen LogP contribution in [0, 0.1) is 12.7 Å². The van der Waals surface area contributed by atoms with Gasteiger partial charge in [-0.1, -0.05) is 12.1 Å². The molecule has 2 amide bonds. The summed E-state index contributed by atoms with van der Waals surface area (Å²) >= 11 is 0. The van der Waals surface area contributed by atoms with Crippen molar-refractivity contribution in [2.45, 2.75) is 32.7 Å². The summed E-state index contributed by atoms with van der Waals surface area (Å²) < 4.78 is 18.9. The molecule has 2 aromatic heterocycles. The highest BCUT2D eigenvalue weighted by atomic mass is 19.1. The van der Waals surface area contributed by atoms with Crippen molar-refractivity contribution in [2.24, 2.45) is 0 Å². The van der Waals surface area contributed by atoms with Gasteiger partial charge in [-0.05, 0) is 68.8 Å². The summed E-state index contributed by atoms with van der Waals surface area (Å²) in [6, 6.07) is 14.0. The average Bonchev–Trinajstić information content (AvgIpc) is 2.88. The van der Waals surface area contributed by atoms with Crippen molar-refractivity contribution in [1.82, 2.24) is 14.9 Å². The van der Waals surface area contributed by atoms with Gasteiger partial charge >= 0.3 is 5.63 Å². The van der Waals surface area contributed by atoms with Crippen LogP contribution >= 0.6 is 0 Å². The standard InChI is InChI=1S/C28H28FN5O4/c1-17-21(31-24(35)18-8-7-9-19(29)16-18)11-12-22-23(17)25(36)38-27(32-22)33-28(2,3)26(37)34(4)15-13-20-10-5-6-14-30-20/h5-12,14,16H,13,15H2,1-4H3,(H,31,35)(H,32,33). The number of hydrogen-bond acceptors (Lipinski definition) is 7. The van der Waals surface area contributed by atoms with Crippen LogP contribution in [0.2, 0.25) is 0 Å². The molecule has 38 heavy (non-hydrogen) atoms. The molecule has 0 radical (unpaired) electrons. The van der Waals surface area contributed by atoms with Gasteiger partial charge in [0.2, 0.25) is 5.91 Å². The molecule has 0 atom stereocenters. The molecule has 9 nitrogen and oxygen atoms in total. The average molecular weight is 518 g/mol. The molecule has 0 bridgehead atoms. The van der Waals surface area contributed by atoms with Crippen molar-refractivity contribution in [3.8, 4) is 0 Å². The second-order valence-electron chi connectivity index (χ2n) is 9.45. The Morgan fingerprint density at radius 1 is 1.11 bits per heavy atom. The molecule has 2 aromatic carbocycles. The fourth-order valence-electron chi connectivity index (χ4n) is 4.06. The number of carbonyl (C=O) groups excluding carboxylic acids is 2. The number of likely N-dealkylation sites (N-methyl/N-ethyl adjacent to an activating group) is 1. The number of nitrogens with zero attached hydrogens (tertiary/aromatic N) is 3. The maximum absolute atomic E-state index is 13.5. The number of amides is 2. The highest BCUT2D eigenvalue weighted by molar-refractivity contribution is 6.06. The van der Waals surface area contributed by atoms with Crippen LogP contribution in [-0.4, -0.2) is 45.8 Å².